The van der Waals surface area contributed by atoms with Crippen LogP contribution in [0.3, 0.4) is 0 Å². The van der Waals surface area contributed by atoms with Crippen molar-refractivity contribution in [1.82, 2.24) is 0 Å². The van der Waals surface area contributed by atoms with Crippen molar-refractivity contribution in [1.29, 1.82) is 0 Å². The number of aliphatic hydroxyl groups is 2. The van der Waals surface area contributed by atoms with E-state index in [-0.39, 0.29) is 71.4 Å². The Kier molecular flexibility index (Phi) is 8.10. The molecule has 0 aromatic heterocycles. The number of aliphatic hydroxyl groups excluding tert-OH is 1. The zero-order valence-electron chi connectivity index (χ0n) is 24.3. The van der Waals surface area contributed by atoms with E-state index in [1.807, 2.05) is 0 Å². The van der Waals surface area contributed by atoms with Gasteiger partial charge in [-0.25, -0.2) is 0 Å². The number of hydrogen-bond donors (Lipinski definition) is 2. The van der Waals surface area contributed by atoms with Gasteiger partial charge in [-0.05, 0) is 57.0 Å². The third-order valence-corrected chi connectivity index (χ3v) is 8.43. The van der Waals surface area contributed by atoms with E-state index < -0.39 is 47.9 Å². The molecular formula is C32H36O10. The molecule has 5 rings (SSSR count). The van der Waals surface area contributed by atoms with Gasteiger partial charge in [-0.15, -0.1) is 0 Å². The van der Waals surface area contributed by atoms with Crippen molar-refractivity contribution in [3.05, 3.63) is 63.7 Å². The van der Waals surface area contributed by atoms with Crippen molar-refractivity contribution >= 4 is 23.3 Å². The van der Waals surface area contributed by atoms with E-state index in [0.717, 1.165) is 0 Å². The Hall–Kier alpha value is -3.44. The van der Waals surface area contributed by atoms with Gasteiger partial charge in [-0.2, -0.15) is 0 Å². The summed E-state index contributed by atoms with van der Waals surface area (Å²) in [7, 11) is 1.43. The van der Waals surface area contributed by atoms with Crippen LogP contribution in [0.4, 0.5) is 0 Å². The van der Waals surface area contributed by atoms with E-state index >= 15 is 0 Å². The zero-order valence-corrected chi connectivity index (χ0v) is 24.3. The standard InChI is InChI=1S/C32H36O10/c1-15(2)40-26(34)10-18-11-27(41-16(3)29(18)35)42-25-14-32(38,17(4)33)13-19-9-22-23(12-21(19)25)31(37)28-20(30(22)36)7-6-8-24(28)39-5/h6-9,12,15-16,18,25,27,29,35,38H,10-11,13-14H2,1-5H3/t16-,18+,25-,27-,29+,32-/m0/s1. The Morgan fingerprint density at radius 3 is 2.50 bits per heavy atom. The molecule has 224 valence electrons. The maximum absolute atomic E-state index is 13.7. The topological polar surface area (TPSA) is 146 Å². The number of ketones is 3. The highest BCUT2D eigenvalue weighted by Crippen LogP contribution is 2.44. The summed E-state index contributed by atoms with van der Waals surface area (Å²) in [4.78, 5) is 52.2. The summed E-state index contributed by atoms with van der Waals surface area (Å²) in [5.41, 5.74) is 0.0619. The molecule has 2 aliphatic carbocycles. The van der Waals surface area contributed by atoms with Crippen molar-refractivity contribution in [2.24, 2.45) is 5.92 Å². The van der Waals surface area contributed by atoms with Gasteiger partial charge in [0.15, 0.2) is 23.6 Å². The molecule has 0 unspecified atom stereocenters. The maximum atomic E-state index is 13.7. The monoisotopic (exact) mass is 580 g/mol. The van der Waals surface area contributed by atoms with E-state index in [9.17, 15) is 29.4 Å². The molecule has 0 spiro atoms. The highest BCUT2D eigenvalue weighted by atomic mass is 16.7. The van der Waals surface area contributed by atoms with Crippen molar-refractivity contribution in [3.8, 4) is 5.75 Å². The van der Waals surface area contributed by atoms with Crippen LogP contribution >= 0.6 is 0 Å². The van der Waals surface area contributed by atoms with Gasteiger partial charge in [0.25, 0.3) is 0 Å². The summed E-state index contributed by atoms with van der Waals surface area (Å²) in [6.07, 6.45) is -3.69. The van der Waals surface area contributed by atoms with Gasteiger partial charge < -0.3 is 29.2 Å². The quantitative estimate of drug-likeness (QED) is 0.400. The van der Waals surface area contributed by atoms with Crippen molar-refractivity contribution < 1.29 is 48.3 Å². The van der Waals surface area contributed by atoms with E-state index in [4.69, 9.17) is 18.9 Å². The number of ether oxygens (including phenoxy) is 4. The van der Waals surface area contributed by atoms with E-state index in [1.165, 1.54) is 14.0 Å². The Morgan fingerprint density at radius 2 is 1.83 bits per heavy atom. The molecule has 1 saturated heterocycles. The maximum Gasteiger partial charge on any atom is 0.306 e. The first-order valence-corrected chi connectivity index (χ1v) is 14.2. The number of esters is 1. The molecule has 10 nitrogen and oxygen atoms in total. The largest absolute Gasteiger partial charge is 0.496 e. The lowest BCUT2D eigenvalue weighted by Crippen LogP contribution is -2.48. The van der Waals surface area contributed by atoms with Crippen molar-refractivity contribution in [3.63, 3.8) is 0 Å². The second kappa shape index (κ2) is 11.3. The van der Waals surface area contributed by atoms with Crippen molar-refractivity contribution in [2.45, 2.75) is 89.7 Å². The first-order chi connectivity index (χ1) is 19.8. The number of methoxy groups -OCH3 is 1. The number of carbonyl (C=O) groups excluding carboxylic acids is 4. The number of fused-ring (bicyclic) bond motifs is 3. The molecule has 1 heterocycles. The second-order valence-electron chi connectivity index (χ2n) is 11.7. The third-order valence-electron chi connectivity index (χ3n) is 8.43. The SMILES string of the molecule is COc1cccc2c1C(=O)c1cc3c(cc1C2=O)C[C@@](O)(C(C)=O)C[C@@H]3O[C@H]1C[C@@H](CC(=O)OC(C)C)[C@H](O)[C@H](C)O1. The van der Waals surface area contributed by atoms with Gasteiger partial charge in [-0.3, -0.25) is 19.2 Å². The fourth-order valence-electron chi connectivity index (χ4n) is 6.23. The molecule has 3 aliphatic rings. The zero-order chi connectivity index (χ0) is 30.5. The number of rotatable bonds is 7. The second-order valence-corrected chi connectivity index (χ2v) is 11.7. The van der Waals surface area contributed by atoms with Crippen LogP contribution in [0.2, 0.25) is 0 Å². The molecule has 0 amide bonds. The summed E-state index contributed by atoms with van der Waals surface area (Å²) >= 11 is 0. The van der Waals surface area contributed by atoms with Crippen LogP contribution in [0, 0.1) is 5.92 Å². The lowest BCUT2D eigenvalue weighted by molar-refractivity contribution is -0.257. The third kappa shape index (κ3) is 5.40. The molecule has 1 fully saturated rings. The van der Waals surface area contributed by atoms with Gasteiger partial charge in [0.05, 0.1) is 43.5 Å². The number of Topliss-reactive ketones (excluding diaryl/α,β-unsaturated/α-hetero) is 1. The van der Waals surface area contributed by atoms with Gasteiger partial charge in [0, 0.05) is 41.9 Å². The smallest absolute Gasteiger partial charge is 0.306 e. The van der Waals surface area contributed by atoms with Crippen LogP contribution in [0.15, 0.2) is 30.3 Å². The fourth-order valence-corrected chi connectivity index (χ4v) is 6.23. The summed E-state index contributed by atoms with van der Waals surface area (Å²) in [6.45, 7) is 6.46. The molecule has 42 heavy (non-hydrogen) atoms. The summed E-state index contributed by atoms with van der Waals surface area (Å²) < 4.78 is 22.9. The average molecular weight is 581 g/mol. The van der Waals surface area contributed by atoms with Crippen LogP contribution in [0.5, 0.6) is 5.75 Å². The molecule has 0 bridgehead atoms. The van der Waals surface area contributed by atoms with Crippen LogP contribution < -0.4 is 4.74 Å². The molecule has 2 aromatic carbocycles. The Labute approximate surface area is 243 Å². The lowest BCUT2D eigenvalue weighted by atomic mass is 9.73. The molecule has 2 N–H and O–H groups in total. The average Bonchev–Trinajstić information content (AvgIpc) is 2.92. The van der Waals surface area contributed by atoms with Gasteiger partial charge in [0.1, 0.15) is 11.4 Å². The number of benzene rings is 2. The van der Waals surface area contributed by atoms with Crippen molar-refractivity contribution in [2.75, 3.05) is 7.11 Å². The minimum absolute atomic E-state index is 0.0308. The van der Waals surface area contributed by atoms with Crippen LogP contribution in [0.25, 0.3) is 0 Å². The van der Waals surface area contributed by atoms with Gasteiger partial charge in [0.2, 0.25) is 0 Å². The fraction of sp³-hybridized carbons (Fsp3) is 0.500. The molecule has 1 aliphatic heterocycles. The van der Waals surface area contributed by atoms with E-state index in [2.05, 4.69) is 0 Å². The highest BCUT2D eigenvalue weighted by Gasteiger charge is 2.46. The predicted molar refractivity (Wildman–Crippen MR) is 148 cm³/mol. The normalized spacial score (nSPS) is 28.5. The minimum atomic E-state index is -1.77. The Morgan fingerprint density at radius 1 is 1.12 bits per heavy atom. The van der Waals surface area contributed by atoms with Gasteiger partial charge in [-0.1, -0.05) is 12.1 Å². The number of carbonyl (C=O) groups is 4. The number of hydrogen-bond acceptors (Lipinski definition) is 10. The Balaban J connectivity index is 1.50. The van der Waals surface area contributed by atoms with E-state index in [0.29, 0.717) is 11.1 Å². The van der Waals surface area contributed by atoms with Crippen LogP contribution in [-0.4, -0.2) is 70.8 Å². The summed E-state index contributed by atoms with van der Waals surface area (Å²) in [6, 6.07) is 8.00. The highest BCUT2D eigenvalue weighted by molar-refractivity contribution is 6.29. The van der Waals surface area contributed by atoms with Crippen LogP contribution in [-0.2, 0) is 30.2 Å². The van der Waals surface area contributed by atoms with E-state index in [1.54, 1.807) is 51.1 Å². The first-order valence-electron chi connectivity index (χ1n) is 14.2. The molecule has 0 radical (unpaired) electrons. The molecule has 10 heteroatoms. The predicted octanol–water partition coefficient (Wildman–Crippen LogP) is 3.25. The molecule has 6 atom stereocenters. The first kappa shape index (κ1) is 30.0. The summed E-state index contributed by atoms with van der Waals surface area (Å²) in [5.74, 6) is -1.85. The minimum Gasteiger partial charge on any atom is -0.496 e. The molecule has 2 aromatic rings. The lowest BCUT2D eigenvalue weighted by Gasteiger charge is -2.42. The van der Waals surface area contributed by atoms with Gasteiger partial charge >= 0.3 is 5.97 Å². The molecular weight excluding hydrogens is 544 g/mol. The Bertz CT molecular complexity index is 1450. The molecule has 0 saturated carbocycles. The van der Waals surface area contributed by atoms with Crippen LogP contribution in [0.1, 0.15) is 96.0 Å². The summed E-state index contributed by atoms with van der Waals surface area (Å²) in [5, 5.41) is 22.1.